The van der Waals surface area contributed by atoms with Gasteiger partial charge in [-0.05, 0) is 38.2 Å². The van der Waals surface area contributed by atoms with Crippen molar-refractivity contribution in [2.24, 2.45) is 5.73 Å². The highest BCUT2D eigenvalue weighted by molar-refractivity contribution is 5.72. The lowest BCUT2D eigenvalue weighted by atomic mass is 9.77. The van der Waals surface area contributed by atoms with E-state index in [9.17, 15) is 23.1 Å². The summed E-state index contributed by atoms with van der Waals surface area (Å²) < 4.78 is 38.4. The van der Waals surface area contributed by atoms with Crippen molar-refractivity contribution < 1.29 is 23.1 Å². The molecule has 0 aromatic heterocycles. The normalized spacial score (nSPS) is 21.4. The number of alkyl halides is 3. The lowest BCUT2D eigenvalue weighted by Crippen LogP contribution is -2.56. The van der Waals surface area contributed by atoms with Crippen LogP contribution in [0.3, 0.4) is 0 Å². The molecule has 1 aliphatic heterocycles. The average molecular weight is 344 g/mol. The summed E-state index contributed by atoms with van der Waals surface area (Å²) in [5.41, 5.74) is 4.84. The zero-order valence-corrected chi connectivity index (χ0v) is 13.6. The van der Waals surface area contributed by atoms with Crippen LogP contribution in [0.15, 0.2) is 24.3 Å². The number of aryl methyl sites for hydroxylation is 1. The van der Waals surface area contributed by atoms with Crippen molar-refractivity contribution in [2.75, 3.05) is 6.54 Å². The molecule has 4 nitrogen and oxygen atoms in total. The summed E-state index contributed by atoms with van der Waals surface area (Å²) in [5.74, 6) is 0. The fraction of sp³-hybridized carbons (Fsp3) is 0.588. The monoisotopic (exact) mass is 344 g/mol. The third-order valence-corrected chi connectivity index (χ3v) is 4.64. The Morgan fingerprint density at radius 1 is 1.33 bits per heavy atom. The Morgan fingerprint density at radius 3 is 2.62 bits per heavy atom. The predicted octanol–water partition coefficient (Wildman–Crippen LogP) is 3.46. The maximum Gasteiger partial charge on any atom is 0.389 e. The number of nitrogens with zero attached hydrogens (tertiary/aromatic N) is 1. The molecule has 0 spiro atoms. The van der Waals surface area contributed by atoms with Gasteiger partial charge < -0.3 is 15.7 Å². The molecule has 2 rings (SSSR count). The maximum atomic E-state index is 12.8. The van der Waals surface area contributed by atoms with Crippen molar-refractivity contribution >= 4 is 6.03 Å². The Morgan fingerprint density at radius 2 is 2.04 bits per heavy atom. The van der Waals surface area contributed by atoms with Gasteiger partial charge in [0.25, 0.3) is 0 Å². The van der Waals surface area contributed by atoms with Gasteiger partial charge in [0.05, 0.1) is 6.04 Å². The van der Waals surface area contributed by atoms with Crippen LogP contribution in [0.25, 0.3) is 0 Å². The van der Waals surface area contributed by atoms with Gasteiger partial charge in [-0.3, -0.25) is 0 Å². The van der Waals surface area contributed by atoms with E-state index in [2.05, 4.69) is 0 Å². The van der Waals surface area contributed by atoms with Gasteiger partial charge in [-0.15, -0.1) is 0 Å². The van der Waals surface area contributed by atoms with Crippen molar-refractivity contribution in [3.63, 3.8) is 0 Å². The molecular formula is C17H23F3N2O2. The summed E-state index contributed by atoms with van der Waals surface area (Å²) in [6, 6.07) is 5.31. The maximum absolute atomic E-state index is 12.8. The largest absolute Gasteiger partial charge is 0.389 e. The van der Waals surface area contributed by atoms with Gasteiger partial charge >= 0.3 is 12.2 Å². The number of primary amides is 1. The van der Waals surface area contributed by atoms with E-state index < -0.39 is 36.7 Å². The van der Waals surface area contributed by atoms with E-state index >= 15 is 0 Å². The lowest BCUT2D eigenvalue weighted by molar-refractivity contribution is -0.155. The third-order valence-electron chi connectivity index (χ3n) is 4.64. The molecule has 1 aliphatic rings. The number of rotatable bonds is 4. The summed E-state index contributed by atoms with van der Waals surface area (Å²) in [7, 11) is 0. The molecule has 134 valence electrons. The van der Waals surface area contributed by atoms with E-state index in [0.717, 1.165) is 18.4 Å². The van der Waals surface area contributed by atoms with E-state index in [1.165, 1.54) is 4.90 Å². The van der Waals surface area contributed by atoms with Gasteiger partial charge in [0.2, 0.25) is 0 Å². The molecule has 1 heterocycles. The van der Waals surface area contributed by atoms with Crippen LogP contribution < -0.4 is 5.73 Å². The van der Waals surface area contributed by atoms with Gasteiger partial charge in [0.1, 0.15) is 5.60 Å². The highest BCUT2D eigenvalue weighted by Gasteiger charge is 2.46. The number of carbonyl (C=O) groups excluding carboxylic acids is 1. The molecular weight excluding hydrogens is 321 g/mol. The molecule has 2 amide bonds. The van der Waals surface area contributed by atoms with Gasteiger partial charge in [-0.25, -0.2) is 4.79 Å². The van der Waals surface area contributed by atoms with Crippen LogP contribution >= 0.6 is 0 Å². The van der Waals surface area contributed by atoms with Crippen LogP contribution in [-0.4, -0.2) is 34.8 Å². The predicted molar refractivity (Wildman–Crippen MR) is 84.3 cm³/mol. The molecule has 24 heavy (non-hydrogen) atoms. The van der Waals surface area contributed by atoms with Crippen molar-refractivity contribution in [1.29, 1.82) is 0 Å². The SMILES string of the molecule is Cc1cccc([C@@](O)(CCC(F)(F)F)C2CCCCN2C(N)=O)c1. The van der Waals surface area contributed by atoms with Crippen molar-refractivity contribution in [3.8, 4) is 0 Å². The summed E-state index contributed by atoms with van der Waals surface area (Å²) in [4.78, 5) is 13.0. The molecule has 0 aliphatic carbocycles. The molecule has 1 aromatic carbocycles. The number of likely N-dealkylation sites (tertiary alicyclic amines) is 1. The second kappa shape index (κ2) is 7.01. The van der Waals surface area contributed by atoms with Gasteiger partial charge in [0, 0.05) is 13.0 Å². The van der Waals surface area contributed by atoms with Crippen molar-refractivity contribution in [2.45, 2.75) is 56.8 Å². The Labute approximate surface area is 139 Å². The van der Waals surface area contributed by atoms with E-state index in [1.807, 2.05) is 0 Å². The van der Waals surface area contributed by atoms with Crippen LogP contribution in [0.2, 0.25) is 0 Å². The number of hydrogen-bond acceptors (Lipinski definition) is 2. The van der Waals surface area contributed by atoms with E-state index in [1.54, 1.807) is 31.2 Å². The van der Waals surface area contributed by atoms with Crippen LogP contribution in [0.5, 0.6) is 0 Å². The first-order chi connectivity index (χ1) is 11.1. The number of hydrogen-bond donors (Lipinski definition) is 2. The molecule has 0 bridgehead atoms. The zero-order valence-electron chi connectivity index (χ0n) is 13.6. The number of benzene rings is 1. The Bertz CT molecular complexity index is 591. The van der Waals surface area contributed by atoms with E-state index in [4.69, 9.17) is 5.73 Å². The summed E-state index contributed by atoms with van der Waals surface area (Å²) >= 11 is 0. The molecule has 1 unspecified atom stereocenters. The Hall–Kier alpha value is -1.76. The molecule has 0 saturated carbocycles. The van der Waals surface area contributed by atoms with E-state index in [0.29, 0.717) is 18.5 Å². The number of carbonyl (C=O) groups is 1. The molecule has 2 atom stereocenters. The molecule has 3 N–H and O–H groups in total. The highest BCUT2D eigenvalue weighted by atomic mass is 19.4. The Balaban J connectivity index is 2.42. The fourth-order valence-corrected chi connectivity index (χ4v) is 3.44. The zero-order chi connectivity index (χ0) is 18.0. The third kappa shape index (κ3) is 4.20. The standard InChI is InChI=1S/C17H23F3N2O2/c1-12-5-4-6-13(11-12)16(24,8-9-17(18,19)20)14-7-2-3-10-22(14)15(21)23/h4-6,11,14,24H,2-3,7-10H2,1H3,(H2,21,23)/t14?,16-/m0/s1. The first-order valence-electron chi connectivity index (χ1n) is 8.06. The number of urea groups is 1. The second-order valence-corrected chi connectivity index (χ2v) is 6.45. The van der Waals surface area contributed by atoms with Crippen LogP contribution in [0.1, 0.15) is 43.2 Å². The minimum Gasteiger partial charge on any atom is -0.383 e. The summed E-state index contributed by atoms with van der Waals surface area (Å²) in [6.07, 6.45) is -4.14. The van der Waals surface area contributed by atoms with Crippen molar-refractivity contribution in [1.82, 2.24) is 4.90 Å². The summed E-state index contributed by atoms with van der Waals surface area (Å²) in [6.45, 7) is 2.15. The van der Waals surface area contributed by atoms with Crippen LogP contribution in [-0.2, 0) is 5.60 Å². The summed E-state index contributed by atoms with van der Waals surface area (Å²) in [5, 5.41) is 11.3. The van der Waals surface area contributed by atoms with Crippen LogP contribution in [0.4, 0.5) is 18.0 Å². The molecule has 0 radical (unpaired) electrons. The number of aliphatic hydroxyl groups is 1. The molecule has 1 fully saturated rings. The number of piperidine rings is 1. The number of nitrogens with two attached hydrogens (primary N) is 1. The van der Waals surface area contributed by atoms with Gasteiger partial charge in [-0.1, -0.05) is 29.8 Å². The first kappa shape index (κ1) is 18.6. The number of halogens is 3. The highest BCUT2D eigenvalue weighted by Crippen LogP contribution is 2.40. The van der Waals surface area contributed by atoms with Crippen molar-refractivity contribution in [3.05, 3.63) is 35.4 Å². The smallest absolute Gasteiger partial charge is 0.383 e. The molecule has 7 heteroatoms. The Kier molecular flexibility index (Phi) is 5.42. The fourth-order valence-electron chi connectivity index (χ4n) is 3.44. The molecule has 1 saturated heterocycles. The minimum atomic E-state index is -4.38. The lowest BCUT2D eigenvalue weighted by Gasteiger charge is -2.45. The quantitative estimate of drug-likeness (QED) is 0.878. The minimum absolute atomic E-state index is 0.347. The van der Waals surface area contributed by atoms with Crippen LogP contribution in [0, 0.1) is 6.92 Å². The second-order valence-electron chi connectivity index (χ2n) is 6.45. The molecule has 1 aromatic rings. The van der Waals surface area contributed by atoms with Gasteiger partial charge in [-0.2, -0.15) is 13.2 Å². The first-order valence-corrected chi connectivity index (χ1v) is 8.06. The topological polar surface area (TPSA) is 66.6 Å². The number of amides is 2. The average Bonchev–Trinajstić information content (AvgIpc) is 2.52. The van der Waals surface area contributed by atoms with E-state index in [-0.39, 0.29) is 0 Å². The van der Waals surface area contributed by atoms with Gasteiger partial charge in [0.15, 0.2) is 0 Å².